The predicted molar refractivity (Wildman–Crippen MR) is 55.2 cm³/mol. The molecular weight excluding hydrogens is 162 g/mol. The highest BCUT2D eigenvalue weighted by molar-refractivity contribution is 5.86. The minimum absolute atomic E-state index is 0.0185. The zero-order valence-electron chi connectivity index (χ0n) is 7.73. The first-order chi connectivity index (χ1) is 6.20. The van der Waals surface area contributed by atoms with Crippen molar-refractivity contribution >= 4 is 11.9 Å². The van der Waals surface area contributed by atoms with Crippen LogP contribution in [0, 0.1) is 0 Å². The third kappa shape index (κ3) is 6.69. The summed E-state index contributed by atoms with van der Waals surface area (Å²) in [6.07, 6.45) is 6.57. The minimum Gasteiger partial charge on any atom is -0.295 e. The van der Waals surface area contributed by atoms with Crippen molar-refractivity contribution in [3.05, 3.63) is 49.3 Å². The second-order valence-electron chi connectivity index (χ2n) is 2.30. The van der Waals surface area contributed by atoms with Crippen molar-refractivity contribution in [1.82, 2.24) is 4.98 Å². The van der Waals surface area contributed by atoms with Crippen molar-refractivity contribution < 1.29 is 4.79 Å². The number of ketones is 1. The summed E-state index contributed by atoms with van der Waals surface area (Å²) in [7, 11) is 0. The van der Waals surface area contributed by atoms with Crippen LogP contribution in [0.1, 0.15) is 12.5 Å². The van der Waals surface area contributed by atoms with Gasteiger partial charge >= 0.3 is 0 Å². The summed E-state index contributed by atoms with van der Waals surface area (Å²) in [5.41, 5.74) is 1.11. The van der Waals surface area contributed by atoms with E-state index in [0.717, 1.165) is 5.56 Å². The van der Waals surface area contributed by atoms with Crippen molar-refractivity contribution in [2.24, 2.45) is 0 Å². The Morgan fingerprint density at radius 3 is 2.08 bits per heavy atom. The van der Waals surface area contributed by atoms with Crippen LogP contribution in [0.5, 0.6) is 0 Å². The van der Waals surface area contributed by atoms with Gasteiger partial charge in [0.1, 0.15) is 0 Å². The molecular formula is C11H13NO. The molecule has 0 aromatic carbocycles. The van der Waals surface area contributed by atoms with Crippen LogP contribution in [0.4, 0.5) is 0 Å². The van der Waals surface area contributed by atoms with Gasteiger partial charge in [-0.3, -0.25) is 9.78 Å². The third-order valence-electron chi connectivity index (χ3n) is 1.23. The summed E-state index contributed by atoms with van der Waals surface area (Å²) in [5.74, 6) is 0.0185. The molecule has 0 aliphatic heterocycles. The lowest BCUT2D eigenvalue weighted by Crippen LogP contribution is -1.74. The summed E-state index contributed by atoms with van der Waals surface area (Å²) in [6.45, 7) is 8.28. The molecule has 0 atom stereocenters. The number of rotatable bonds is 2. The van der Waals surface area contributed by atoms with Gasteiger partial charge in [0.2, 0.25) is 0 Å². The first-order valence-electron chi connectivity index (χ1n) is 3.86. The smallest absolute Gasteiger partial charge is 0.152 e. The summed E-state index contributed by atoms with van der Waals surface area (Å²) in [6, 6.07) is 3.82. The Labute approximate surface area is 78.6 Å². The van der Waals surface area contributed by atoms with E-state index < -0.39 is 0 Å². The molecule has 2 heteroatoms. The molecule has 0 unspecified atom stereocenters. The molecule has 0 saturated carbocycles. The van der Waals surface area contributed by atoms with Crippen molar-refractivity contribution in [3.63, 3.8) is 0 Å². The van der Waals surface area contributed by atoms with Crippen molar-refractivity contribution in [1.29, 1.82) is 0 Å². The molecule has 0 amide bonds. The predicted octanol–water partition coefficient (Wildman–Crippen LogP) is 2.49. The fourth-order valence-electron chi connectivity index (χ4n) is 0.500. The summed E-state index contributed by atoms with van der Waals surface area (Å²) < 4.78 is 0. The maximum atomic E-state index is 9.69. The van der Waals surface area contributed by atoms with Gasteiger partial charge in [-0.05, 0) is 30.7 Å². The molecule has 0 aliphatic rings. The molecule has 0 N–H and O–H groups in total. The van der Waals surface area contributed by atoms with Crippen molar-refractivity contribution in [3.8, 4) is 0 Å². The number of allylic oxidation sites excluding steroid dienone is 1. The van der Waals surface area contributed by atoms with Gasteiger partial charge in [0, 0.05) is 12.4 Å². The molecule has 1 aromatic rings. The van der Waals surface area contributed by atoms with Gasteiger partial charge in [0.15, 0.2) is 5.78 Å². The summed E-state index contributed by atoms with van der Waals surface area (Å²) in [5, 5.41) is 0. The maximum Gasteiger partial charge on any atom is 0.152 e. The Morgan fingerprint density at radius 2 is 1.85 bits per heavy atom. The Hall–Kier alpha value is -1.70. The zero-order chi connectivity index (χ0) is 10.1. The van der Waals surface area contributed by atoms with E-state index in [2.05, 4.69) is 18.1 Å². The van der Waals surface area contributed by atoms with Gasteiger partial charge in [0.05, 0.1) is 0 Å². The van der Waals surface area contributed by atoms with Crippen LogP contribution in [-0.4, -0.2) is 10.8 Å². The van der Waals surface area contributed by atoms with Crippen LogP contribution in [0.3, 0.4) is 0 Å². The van der Waals surface area contributed by atoms with E-state index >= 15 is 0 Å². The lowest BCUT2D eigenvalue weighted by atomic mass is 10.3. The van der Waals surface area contributed by atoms with E-state index in [4.69, 9.17) is 0 Å². The Kier molecular flexibility index (Phi) is 6.06. The largest absolute Gasteiger partial charge is 0.295 e. The second kappa shape index (κ2) is 6.98. The maximum absolute atomic E-state index is 9.69. The van der Waals surface area contributed by atoms with E-state index in [1.807, 2.05) is 12.1 Å². The van der Waals surface area contributed by atoms with E-state index in [-0.39, 0.29) is 5.78 Å². The van der Waals surface area contributed by atoms with Crippen LogP contribution < -0.4 is 0 Å². The number of pyridine rings is 1. The molecule has 0 bridgehead atoms. The normalized spacial score (nSPS) is 7.77. The highest BCUT2D eigenvalue weighted by Gasteiger charge is 1.76. The average molecular weight is 175 g/mol. The first-order valence-corrected chi connectivity index (χ1v) is 3.86. The molecule has 0 saturated heterocycles. The van der Waals surface area contributed by atoms with Gasteiger partial charge in [-0.2, -0.15) is 0 Å². The SMILES string of the molecule is C=CC(C)=O.C=Cc1ccncc1. The van der Waals surface area contributed by atoms with Gasteiger partial charge in [-0.25, -0.2) is 0 Å². The van der Waals surface area contributed by atoms with Crippen molar-refractivity contribution in [2.45, 2.75) is 6.92 Å². The Balaban J connectivity index is 0.000000252. The van der Waals surface area contributed by atoms with E-state index in [9.17, 15) is 4.79 Å². The molecule has 2 nitrogen and oxygen atoms in total. The quantitative estimate of drug-likeness (QED) is 0.646. The van der Waals surface area contributed by atoms with E-state index in [0.29, 0.717) is 0 Å². The number of carbonyl (C=O) groups excluding carboxylic acids is 1. The van der Waals surface area contributed by atoms with Gasteiger partial charge in [-0.15, -0.1) is 0 Å². The molecule has 0 fully saturated rings. The van der Waals surface area contributed by atoms with Crippen LogP contribution >= 0.6 is 0 Å². The second-order valence-corrected chi connectivity index (χ2v) is 2.30. The fourth-order valence-corrected chi connectivity index (χ4v) is 0.500. The molecule has 0 aliphatic carbocycles. The Bertz CT molecular complexity index is 277. The molecule has 1 rings (SSSR count). The first kappa shape index (κ1) is 11.3. The van der Waals surface area contributed by atoms with Gasteiger partial charge in [-0.1, -0.05) is 19.2 Å². The number of aromatic nitrogens is 1. The molecule has 1 heterocycles. The molecule has 0 spiro atoms. The highest BCUT2D eigenvalue weighted by Crippen LogP contribution is 1.94. The molecule has 0 radical (unpaired) electrons. The van der Waals surface area contributed by atoms with Crippen LogP contribution in [0.2, 0.25) is 0 Å². The van der Waals surface area contributed by atoms with Crippen LogP contribution in [0.15, 0.2) is 43.8 Å². The van der Waals surface area contributed by atoms with Crippen LogP contribution in [0.25, 0.3) is 6.08 Å². The van der Waals surface area contributed by atoms with E-state index in [1.165, 1.54) is 13.0 Å². The monoisotopic (exact) mass is 175 g/mol. The fraction of sp³-hybridized carbons (Fsp3) is 0.0909. The van der Waals surface area contributed by atoms with Gasteiger partial charge in [0.25, 0.3) is 0 Å². The number of hydrogen-bond acceptors (Lipinski definition) is 2. The average Bonchev–Trinajstić information content (AvgIpc) is 2.20. The van der Waals surface area contributed by atoms with Crippen LogP contribution in [-0.2, 0) is 4.79 Å². The lowest BCUT2D eigenvalue weighted by molar-refractivity contribution is -0.112. The topological polar surface area (TPSA) is 30.0 Å². The summed E-state index contributed by atoms with van der Waals surface area (Å²) in [4.78, 5) is 13.5. The molecule has 1 aromatic heterocycles. The molecule has 68 valence electrons. The molecule has 13 heavy (non-hydrogen) atoms. The standard InChI is InChI=1S/C7H7N.C4H6O/c1-2-7-3-5-8-6-4-7;1-3-4(2)5/h2-6H,1H2;3H,1H2,2H3. The Morgan fingerprint density at radius 1 is 1.38 bits per heavy atom. The highest BCUT2D eigenvalue weighted by atomic mass is 16.1. The summed E-state index contributed by atoms with van der Waals surface area (Å²) >= 11 is 0. The van der Waals surface area contributed by atoms with E-state index in [1.54, 1.807) is 18.5 Å². The van der Waals surface area contributed by atoms with Crippen molar-refractivity contribution in [2.75, 3.05) is 0 Å². The lowest BCUT2D eigenvalue weighted by Gasteiger charge is -1.84. The number of carbonyl (C=O) groups is 1. The minimum atomic E-state index is 0.0185. The third-order valence-corrected chi connectivity index (χ3v) is 1.23. The van der Waals surface area contributed by atoms with Gasteiger partial charge < -0.3 is 0 Å². The number of nitrogens with zero attached hydrogens (tertiary/aromatic N) is 1. The zero-order valence-corrected chi connectivity index (χ0v) is 7.73. The number of hydrogen-bond donors (Lipinski definition) is 0.